The van der Waals surface area contributed by atoms with E-state index in [1.54, 1.807) is 6.07 Å². The van der Waals surface area contributed by atoms with Crippen LogP contribution in [0.5, 0.6) is 0 Å². The first-order valence-electron chi connectivity index (χ1n) is 10.0. The van der Waals surface area contributed by atoms with Crippen LogP contribution in [0.2, 0.25) is 5.02 Å². The van der Waals surface area contributed by atoms with Gasteiger partial charge >= 0.3 is 0 Å². The van der Waals surface area contributed by atoms with Crippen molar-refractivity contribution in [1.82, 2.24) is 15.0 Å². The minimum absolute atomic E-state index is 0.339. The summed E-state index contributed by atoms with van der Waals surface area (Å²) in [6.07, 6.45) is 1.92. The molecule has 2 aromatic heterocycles. The van der Waals surface area contributed by atoms with Crippen molar-refractivity contribution in [2.45, 2.75) is 10.6 Å². The molecule has 8 heteroatoms. The van der Waals surface area contributed by atoms with Gasteiger partial charge in [-0.1, -0.05) is 11.6 Å². The Kier molecular flexibility index (Phi) is 5.80. The Morgan fingerprint density at radius 1 is 1.06 bits per heavy atom. The van der Waals surface area contributed by atoms with Gasteiger partial charge in [0, 0.05) is 52.5 Å². The topological polar surface area (TPSA) is 54.0 Å². The molecule has 0 radical (unpaired) electrons. The zero-order chi connectivity index (χ0) is 21.2. The van der Waals surface area contributed by atoms with Gasteiger partial charge in [0.05, 0.1) is 23.9 Å². The SMILES string of the molecule is Fc1ccc(SCc2cc(N3CCOCC3)nc(-c3ccc4[nH]ccc4c3)n2)c(Cl)c1. The number of anilines is 1. The molecule has 5 rings (SSSR count). The van der Waals surface area contributed by atoms with Crippen molar-refractivity contribution < 1.29 is 9.13 Å². The summed E-state index contributed by atoms with van der Waals surface area (Å²) in [5, 5.41) is 1.53. The van der Waals surface area contributed by atoms with Crippen molar-refractivity contribution in [3.05, 3.63) is 71.3 Å². The van der Waals surface area contributed by atoms with Gasteiger partial charge in [-0.25, -0.2) is 14.4 Å². The number of halogens is 2. The van der Waals surface area contributed by atoms with Gasteiger partial charge in [0.2, 0.25) is 0 Å². The average molecular weight is 455 g/mol. The van der Waals surface area contributed by atoms with Crippen LogP contribution in [-0.4, -0.2) is 41.3 Å². The van der Waals surface area contributed by atoms with E-state index in [0.717, 1.165) is 46.0 Å². The second-order valence-electron chi connectivity index (χ2n) is 7.28. The fraction of sp³-hybridized carbons (Fsp3) is 0.217. The largest absolute Gasteiger partial charge is 0.378 e. The Bertz CT molecular complexity index is 1230. The lowest BCUT2D eigenvalue weighted by Gasteiger charge is -2.28. The molecule has 1 fully saturated rings. The molecule has 0 aliphatic carbocycles. The molecule has 0 spiro atoms. The van der Waals surface area contributed by atoms with Gasteiger partial charge in [-0.2, -0.15) is 0 Å². The number of H-pyrrole nitrogens is 1. The molecule has 1 aliphatic heterocycles. The van der Waals surface area contributed by atoms with Crippen molar-refractivity contribution >= 4 is 40.1 Å². The lowest BCUT2D eigenvalue weighted by Crippen LogP contribution is -2.37. The Morgan fingerprint density at radius 3 is 2.77 bits per heavy atom. The molecule has 3 heterocycles. The number of thioether (sulfide) groups is 1. The number of fused-ring (bicyclic) bond motifs is 1. The molecular weight excluding hydrogens is 435 g/mol. The van der Waals surface area contributed by atoms with E-state index in [1.165, 1.54) is 23.9 Å². The molecule has 1 aliphatic rings. The van der Waals surface area contributed by atoms with Gasteiger partial charge in [-0.05, 0) is 42.5 Å². The fourth-order valence-corrected chi connectivity index (χ4v) is 4.72. The smallest absolute Gasteiger partial charge is 0.161 e. The summed E-state index contributed by atoms with van der Waals surface area (Å²) in [4.78, 5) is 16.0. The van der Waals surface area contributed by atoms with Gasteiger partial charge in [-0.15, -0.1) is 11.8 Å². The van der Waals surface area contributed by atoms with Crippen LogP contribution < -0.4 is 4.90 Å². The molecule has 2 aromatic carbocycles. The monoisotopic (exact) mass is 454 g/mol. The predicted molar refractivity (Wildman–Crippen MR) is 123 cm³/mol. The summed E-state index contributed by atoms with van der Waals surface area (Å²) in [6.45, 7) is 2.96. The van der Waals surface area contributed by atoms with E-state index in [0.29, 0.717) is 29.8 Å². The van der Waals surface area contributed by atoms with Crippen LogP contribution in [0, 0.1) is 5.82 Å². The zero-order valence-electron chi connectivity index (χ0n) is 16.6. The maximum Gasteiger partial charge on any atom is 0.161 e. The number of hydrogen-bond donors (Lipinski definition) is 1. The summed E-state index contributed by atoms with van der Waals surface area (Å²) in [7, 11) is 0. The van der Waals surface area contributed by atoms with Crippen LogP contribution >= 0.6 is 23.4 Å². The highest BCUT2D eigenvalue weighted by molar-refractivity contribution is 7.98. The van der Waals surface area contributed by atoms with Crippen molar-refractivity contribution in [1.29, 1.82) is 0 Å². The van der Waals surface area contributed by atoms with Gasteiger partial charge < -0.3 is 14.6 Å². The third-order valence-corrected chi connectivity index (χ3v) is 6.71. The van der Waals surface area contributed by atoms with Crippen LogP contribution in [0.4, 0.5) is 10.2 Å². The quantitative estimate of drug-likeness (QED) is 0.401. The van der Waals surface area contributed by atoms with Gasteiger partial charge in [0.25, 0.3) is 0 Å². The molecular formula is C23H20ClFN4OS. The lowest BCUT2D eigenvalue weighted by atomic mass is 10.1. The van der Waals surface area contributed by atoms with Crippen LogP contribution in [-0.2, 0) is 10.5 Å². The Balaban J connectivity index is 1.49. The third kappa shape index (κ3) is 4.54. The third-order valence-electron chi connectivity index (χ3n) is 5.18. The summed E-state index contributed by atoms with van der Waals surface area (Å²) in [5.41, 5.74) is 2.94. The molecule has 1 N–H and O–H groups in total. The number of aromatic nitrogens is 3. The van der Waals surface area contributed by atoms with Crippen molar-refractivity contribution in [3.8, 4) is 11.4 Å². The van der Waals surface area contributed by atoms with E-state index in [4.69, 9.17) is 26.3 Å². The van der Waals surface area contributed by atoms with E-state index < -0.39 is 0 Å². The Labute approximate surface area is 188 Å². The number of nitrogens with zero attached hydrogens (tertiary/aromatic N) is 3. The maximum atomic E-state index is 13.4. The first-order valence-corrected chi connectivity index (χ1v) is 11.4. The van der Waals surface area contributed by atoms with Crippen LogP contribution in [0.3, 0.4) is 0 Å². The lowest BCUT2D eigenvalue weighted by molar-refractivity contribution is 0.122. The van der Waals surface area contributed by atoms with Crippen molar-refractivity contribution in [2.24, 2.45) is 0 Å². The van der Waals surface area contributed by atoms with Crippen LogP contribution in [0.15, 0.2) is 59.6 Å². The normalized spacial score (nSPS) is 14.3. The fourth-order valence-electron chi connectivity index (χ4n) is 3.58. The summed E-state index contributed by atoms with van der Waals surface area (Å²) in [6, 6.07) is 14.7. The Hall–Kier alpha value is -2.61. The molecule has 4 aromatic rings. The average Bonchev–Trinajstić information content (AvgIpc) is 3.27. The van der Waals surface area contributed by atoms with E-state index in [-0.39, 0.29) is 5.82 Å². The van der Waals surface area contributed by atoms with Gasteiger partial charge in [0.15, 0.2) is 5.82 Å². The molecule has 0 bridgehead atoms. The molecule has 5 nitrogen and oxygen atoms in total. The van der Waals surface area contributed by atoms with Crippen molar-refractivity contribution in [3.63, 3.8) is 0 Å². The molecule has 0 amide bonds. The zero-order valence-corrected chi connectivity index (χ0v) is 18.2. The van der Waals surface area contributed by atoms with Gasteiger partial charge in [0.1, 0.15) is 11.6 Å². The highest BCUT2D eigenvalue weighted by atomic mass is 35.5. The van der Waals surface area contributed by atoms with E-state index in [9.17, 15) is 4.39 Å². The summed E-state index contributed by atoms with van der Waals surface area (Å²) < 4.78 is 18.9. The molecule has 0 unspecified atom stereocenters. The highest BCUT2D eigenvalue weighted by Gasteiger charge is 2.16. The molecule has 31 heavy (non-hydrogen) atoms. The summed E-state index contributed by atoms with van der Waals surface area (Å²) >= 11 is 7.74. The number of rotatable bonds is 5. The molecule has 1 saturated heterocycles. The first-order chi connectivity index (χ1) is 15.2. The number of nitrogens with one attached hydrogen (secondary N) is 1. The van der Waals surface area contributed by atoms with Crippen LogP contribution in [0.1, 0.15) is 5.69 Å². The molecule has 0 atom stereocenters. The number of benzene rings is 2. The second kappa shape index (κ2) is 8.86. The second-order valence-corrected chi connectivity index (χ2v) is 8.71. The molecule has 158 valence electrons. The number of hydrogen-bond acceptors (Lipinski definition) is 5. The minimum atomic E-state index is -0.339. The van der Waals surface area contributed by atoms with E-state index in [1.807, 2.05) is 30.5 Å². The number of morpholine rings is 1. The van der Waals surface area contributed by atoms with E-state index in [2.05, 4.69) is 16.0 Å². The summed E-state index contributed by atoms with van der Waals surface area (Å²) in [5.74, 6) is 1.84. The van der Waals surface area contributed by atoms with E-state index >= 15 is 0 Å². The maximum absolute atomic E-state index is 13.4. The number of ether oxygens (including phenoxy) is 1. The molecule has 0 saturated carbocycles. The van der Waals surface area contributed by atoms with Crippen LogP contribution in [0.25, 0.3) is 22.3 Å². The highest BCUT2D eigenvalue weighted by Crippen LogP contribution is 2.31. The van der Waals surface area contributed by atoms with Gasteiger partial charge in [-0.3, -0.25) is 0 Å². The Morgan fingerprint density at radius 2 is 1.94 bits per heavy atom. The first kappa shape index (κ1) is 20.3. The van der Waals surface area contributed by atoms with Crippen molar-refractivity contribution in [2.75, 3.05) is 31.2 Å². The predicted octanol–water partition coefficient (Wildman–Crippen LogP) is 5.55. The number of aromatic amines is 1. The standard InChI is InChI=1S/C23H20ClFN4OS/c24-19-12-17(25)2-4-21(19)31-14-18-13-22(29-7-9-30-10-8-29)28-23(27-18)16-1-3-20-15(11-16)5-6-26-20/h1-6,11-13,26H,7-10,14H2. The minimum Gasteiger partial charge on any atom is -0.378 e.